The summed E-state index contributed by atoms with van der Waals surface area (Å²) < 4.78 is 23.6. The number of rotatable bonds is 8. The van der Waals surface area contributed by atoms with Crippen molar-refractivity contribution >= 4 is 39.8 Å². The molecule has 1 aliphatic rings. The van der Waals surface area contributed by atoms with Gasteiger partial charge in [-0.25, -0.2) is 13.4 Å². The molecule has 2 aromatic rings. The van der Waals surface area contributed by atoms with Gasteiger partial charge in [0, 0.05) is 39.0 Å². The zero-order valence-corrected chi connectivity index (χ0v) is 22.4. The zero-order chi connectivity index (χ0) is 22.3. The Morgan fingerprint density at radius 1 is 1.12 bits per heavy atom. The molecule has 8 heteroatoms. The third-order valence-electron chi connectivity index (χ3n) is 5.56. The molecule has 0 unspecified atom stereocenters. The van der Waals surface area contributed by atoms with E-state index < -0.39 is 9.84 Å². The van der Waals surface area contributed by atoms with E-state index in [0.29, 0.717) is 11.4 Å². The lowest BCUT2D eigenvalue weighted by molar-refractivity contribution is 0.251. The van der Waals surface area contributed by atoms with E-state index in [9.17, 15) is 8.42 Å². The van der Waals surface area contributed by atoms with Gasteiger partial charge in [0.05, 0.1) is 11.4 Å². The van der Waals surface area contributed by atoms with Crippen LogP contribution in [0.4, 0.5) is 0 Å². The number of benzene rings is 2. The Kier molecular flexibility index (Phi) is 10.4. The highest BCUT2D eigenvalue weighted by molar-refractivity contribution is 14.0. The monoisotopic (exact) mass is 570 g/mol. The Labute approximate surface area is 209 Å². The van der Waals surface area contributed by atoms with Crippen molar-refractivity contribution in [3.63, 3.8) is 0 Å². The van der Waals surface area contributed by atoms with E-state index in [2.05, 4.69) is 44.8 Å². The topological polar surface area (TPSA) is 73.8 Å². The molecule has 0 fully saturated rings. The van der Waals surface area contributed by atoms with Crippen molar-refractivity contribution < 1.29 is 8.42 Å². The summed E-state index contributed by atoms with van der Waals surface area (Å²) in [6.45, 7) is 9.24. The van der Waals surface area contributed by atoms with E-state index in [-0.39, 0.29) is 24.0 Å². The van der Waals surface area contributed by atoms with Gasteiger partial charge in [-0.05, 0) is 55.0 Å². The number of aliphatic imine (C=N–C) groups is 1. The quantitative estimate of drug-likeness (QED) is 0.220. The standard InChI is InChI=1S/C24H34N4O2S.HI/c1-4-25-24(27-17-20-10-11-23(19(2)16-20)31(3,29)30)26-13-7-14-28-15-12-21-8-5-6-9-22(21)18-28;/h5-6,8-11,16H,4,7,12-15,17-18H2,1-3H3,(H2,25,26,27);1H. The van der Waals surface area contributed by atoms with Crippen molar-refractivity contribution in [2.24, 2.45) is 4.99 Å². The molecule has 0 atom stereocenters. The van der Waals surface area contributed by atoms with Crippen molar-refractivity contribution in [1.29, 1.82) is 0 Å². The third-order valence-corrected chi connectivity index (χ3v) is 6.81. The van der Waals surface area contributed by atoms with E-state index in [0.717, 1.165) is 62.7 Å². The summed E-state index contributed by atoms with van der Waals surface area (Å²) in [5.41, 5.74) is 4.69. The summed E-state index contributed by atoms with van der Waals surface area (Å²) in [4.78, 5) is 7.56. The second-order valence-corrected chi connectivity index (χ2v) is 10.1. The van der Waals surface area contributed by atoms with Crippen molar-refractivity contribution in [3.8, 4) is 0 Å². The highest BCUT2D eigenvalue weighted by Crippen LogP contribution is 2.18. The van der Waals surface area contributed by atoms with Crippen molar-refractivity contribution in [2.75, 3.05) is 32.4 Å². The smallest absolute Gasteiger partial charge is 0.191 e. The van der Waals surface area contributed by atoms with E-state index in [4.69, 9.17) is 0 Å². The summed E-state index contributed by atoms with van der Waals surface area (Å²) in [7, 11) is -3.20. The number of fused-ring (bicyclic) bond motifs is 1. The first-order valence-electron chi connectivity index (χ1n) is 11.0. The van der Waals surface area contributed by atoms with Gasteiger partial charge in [0.2, 0.25) is 0 Å². The maximum absolute atomic E-state index is 11.8. The van der Waals surface area contributed by atoms with Crippen molar-refractivity contribution in [2.45, 2.75) is 44.7 Å². The van der Waals surface area contributed by atoms with E-state index in [1.165, 1.54) is 17.4 Å². The number of hydrogen-bond donors (Lipinski definition) is 2. The maximum atomic E-state index is 11.8. The molecule has 0 saturated heterocycles. The van der Waals surface area contributed by atoms with Crippen LogP contribution in [-0.4, -0.2) is 51.7 Å². The molecule has 0 saturated carbocycles. The lowest BCUT2D eigenvalue weighted by atomic mass is 10.00. The van der Waals surface area contributed by atoms with E-state index >= 15 is 0 Å². The minimum absolute atomic E-state index is 0. The Bertz CT molecular complexity index is 1020. The summed E-state index contributed by atoms with van der Waals surface area (Å²) in [5.74, 6) is 0.788. The van der Waals surface area contributed by atoms with E-state index in [1.807, 2.05) is 26.0 Å². The number of nitrogens with one attached hydrogen (secondary N) is 2. The second kappa shape index (κ2) is 12.6. The van der Waals surface area contributed by atoms with Crippen LogP contribution >= 0.6 is 24.0 Å². The fraction of sp³-hybridized carbons (Fsp3) is 0.458. The van der Waals surface area contributed by atoms with Gasteiger partial charge in [-0.3, -0.25) is 4.90 Å². The van der Waals surface area contributed by atoms with Gasteiger partial charge in [-0.15, -0.1) is 24.0 Å². The molecule has 1 aliphatic heterocycles. The van der Waals surface area contributed by atoms with Gasteiger partial charge in [0.1, 0.15) is 0 Å². The maximum Gasteiger partial charge on any atom is 0.191 e. The van der Waals surface area contributed by atoms with Crippen LogP contribution in [0, 0.1) is 6.92 Å². The molecule has 6 nitrogen and oxygen atoms in total. The van der Waals surface area contributed by atoms with Crippen LogP contribution in [0.1, 0.15) is 35.6 Å². The van der Waals surface area contributed by atoms with Crippen LogP contribution in [0.25, 0.3) is 0 Å². The van der Waals surface area contributed by atoms with Crippen LogP contribution < -0.4 is 10.6 Å². The van der Waals surface area contributed by atoms with Gasteiger partial charge in [-0.1, -0.05) is 36.4 Å². The van der Waals surface area contributed by atoms with Crippen LogP contribution in [0.2, 0.25) is 0 Å². The Morgan fingerprint density at radius 3 is 2.56 bits per heavy atom. The molecule has 32 heavy (non-hydrogen) atoms. The molecule has 2 aromatic carbocycles. The van der Waals surface area contributed by atoms with Crippen molar-refractivity contribution in [3.05, 3.63) is 64.7 Å². The van der Waals surface area contributed by atoms with Crippen molar-refractivity contribution in [1.82, 2.24) is 15.5 Å². The molecule has 0 radical (unpaired) electrons. The third kappa shape index (κ3) is 7.74. The van der Waals surface area contributed by atoms with Gasteiger partial charge in [0.25, 0.3) is 0 Å². The summed E-state index contributed by atoms with van der Waals surface area (Å²) in [6.07, 6.45) is 3.42. The molecule has 0 aliphatic carbocycles. The van der Waals surface area contributed by atoms with Crippen LogP contribution in [0.15, 0.2) is 52.4 Å². The molecule has 0 spiro atoms. The molecular formula is C24H35IN4O2S. The van der Waals surface area contributed by atoms with Crippen LogP contribution in [0.5, 0.6) is 0 Å². The molecule has 0 amide bonds. The fourth-order valence-corrected chi connectivity index (χ4v) is 4.95. The molecule has 0 bridgehead atoms. The first kappa shape index (κ1) is 26.6. The first-order chi connectivity index (χ1) is 14.9. The first-order valence-corrected chi connectivity index (χ1v) is 12.9. The van der Waals surface area contributed by atoms with Crippen LogP contribution in [0.3, 0.4) is 0 Å². The normalized spacial score (nSPS) is 14.4. The molecule has 176 valence electrons. The Balaban J connectivity index is 0.00000363. The number of hydrogen-bond acceptors (Lipinski definition) is 4. The van der Waals surface area contributed by atoms with Gasteiger partial charge in [-0.2, -0.15) is 0 Å². The fourth-order valence-electron chi connectivity index (χ4n) is 3.99. The molecule has 0 aromatic heterocycles. The number of sulfone groups is 1. The summed E-state index contributed by atoms with van der Waals surface area (Å²) in [6, 6.07) is 14.1. The lowest BCUT2D eigenvalue weighted by Gasteiger charge is -2.28. The molecule has 1 heterocycles. The van der Waals surface area contributed by atoms with Gasteiger partial charge >= 0.3 is 0 Å². The molecule has 2 N–H and O–H groups in total. The Hall–Kier alpha value is -1.65. The van der Waals surface area contributed by atoms with Gasteiger partial charge < -0.3 is 10.6 Å². The average molecular weight is 571 g/mol. The summed E-state index contributed by atoms with van der Waals surface area (Å²) >= 11 is 0. The predicted molar refractivity (Wildman–Crippen MR) is 143 cm³/mol. The average Bonchev–Trinajstić information content (AvgIpc) is 2.74. The van der Waals surface area contributed by atoms with Gasteiger partial charge in [0.15, 0.2) is 15.8 Å². The molecular weight excluding hydrogens is 535 g/mol. The minimum atomic E-state index is -3.20. The van der Waals surface area contributed by atoms with E-state index in [1.54, 1.807) is 6.07 Å². The van der Waals surface area contributed by atoms with Crippen LogP contribution in [-0.2, 0) is 29.3 Å². The number of guanidine groups is 1. The minimum Gasteiger partial charge on any atom is -0.357 e. The second-order valence-electron chi connectivity index (χ2n) is 8.14. The number of aryl methyl sites for hydroxylation is 1. The Morgan fingerprint density at radius 2 is 1.88 bits per heavy atom. The zero-order valence-electron chi connectivity index (χ0n) is 19.2. The SMILES string of the molecule is CCNC(=NCc1ccc(S(C)(=O)=O)c(C)c1)NCCCN1CCc2ccccc2C1.I. The highest BCUT2D eigenvalue weighted by Gasteiger charge is 2.15. The largest absolute Gasteiger partial charge is 0.357 e. The predicted octanol–water partition coefficient (Wildman–Crippen LogP) is 3.52. The number of nitrogens with zero attached hydrogens (tertiary/aromatic N) is 2. The lowest BCUT2D eigenvalue weighted by Crippen LogP contribution is -2.39. The highest BCUT2D eigenvalue weighted by atomic mass is 127. The summed E-state index contributed by atoms with van der Waals surface area (Å²) in [5, 5.41) is 6.70. The number of halogens is 1. The molecule has 3 rings (SSSR count).